The number of hydrogen-bond donors (Lipinski definition) is 1. The van der Waals surface area contributed by atoms with E-state index in [1.807, 2.05) is 13.1 Å². The van der Waals surface area contributed by atoms with Crippen molar-refractivity contribution in [3.05, 3.63) is 66.2 Å². The van der Waals surface area contributed by atoms with E-state index in [2.05, 4.69) is 67.6 Å². The van der Waals surface area contributed by atoms with Crippen LogP contribution in [0.15, 0.2) is 60.7 Å². The zero-order valence-corrected chi connectivity index (χ0v) is 19.2. The predicted octanol–water partition coefficient (Wildman–Crippen LogP) is -0.977. The van der Waals surface area contributed by atoms with E-state index in [1.165, 1.54) is 27.5 Å². The summed E-state index contributed by atoms with van der Waals surface area (Å²) < 4.78 is 0. The second-order valence-corrected chi connectivity index (χ2v) is 7.23. The second kappa shape index (κ2) is 13.0. The molecule has 0 unspecified atom stereocenters. The molecule has 126 valence electrons. The zero-order valence-electron chi connectivity index (χ0n) is 14.2. The van der Waals surface area contributed by atoms with Gasteiger partial charge in [-0.15, -0.1) is 34.5 Å². The first-order valence-electron chi connectivity index (χ1n) is 7.34. The monoisotopic (exact) mass is 454 g/mol. The molecule has 3 rings (SSSR count). The van der Waals surface area contributed by atoms with Gasteiger partial charge < -0.3 is 29.6 Å². The molecule has 0 amide bonds. The van der Waals surface area contributed by atoms with Gasteiger partial charge in [0.05, 0.1) is 0 Å². The molecule has 0 spiro atoms. The van der Waals surface area contributed by atoms with Crippen molar-refractivity contribution in [1.29, 1.82) is 0 Å². The van der Waals surface area contributed by atoms with Gasteiger partial charge in [-0.05, 0) is 25.1 Å². The topological polar surface area (TPSA) is 20.2 Å². The van der Waals surface area contributed by atoms with Gasteiger partial charge in [-0.1, -0.05) is 48.9 Å². The Hall–Kier alpha value is -0.310. The van der Waals surface area contributed by atoms with E-state index in [-0.39, 0.29) is 51.0 Å². The number of fused-ring (bicyclic) bond motifs is 1. The molecule has 0 bridgehead atoms. The largest absolute Gasteiger partial charge is 3.00 e. The fraction of sp³-hybridized carbons (Fsp3) is 0.211. The quantitative estimate of drug-likeness (QED) is 0.389. The van der Waals surface area contributed by atoms with E-state index in [4.69, 9.17) is 4.80 Å². The molecule has 1 nitrogen and oxygen atoms in total. The maximum atomic E-state index is 8.16. The van der Waals surface area contributed by atoms with E-state index in [1.54, 1.807) is 0 Å². The Bertz CT molecular complexity index is 696. The summed E-state index contributed by atoms with van der Waals surface area (Å²) in [6.45, 7) is 5.85. The number of aryl methyl sites for hydroxylation is 1. The third kappa shape index (κ3) is 7.29. The molecule has 0 aliphatic rings. The molecular weight excluding hydrogens is 434 g/mol. The summed E-state index contributed by atoms with van der Waals surface area (Å²) >= 11 is 0. The van der Waals surface area contributed by atoms with E-state index in [0.29, 0.717) is 0 Å². The molecule has 0 saturated heterocycles. The fourth-order valence-electron chi connectivity index (χ4n) is 2.37. The standard InChI is InChI=1S/C17H15.C2H7OSi.2ClH.Zr/c1-2-13-11-15-9-6-10-16(17(15)12-13)14-7-4-3-5-8-14;1-4(2)3;;;/h3-12H,2H2,1H3;3H,1-2H3;2*1H;/q-1;;;;+3/p-2. The van der Waals surface area contributed by atoms with Gasteiger partial charge in [-0.2, -0.15) is 6.07 Å². The predicted molar refractivity (Wildman–Crippen MR) is 94.1 cm³/mol. The maximum absolute atomic E-state index is 8.16. The number of halogens is 2. The molecule has 2 radical (unpaired) electrons. The van der Waals surface area contributed by atoms with E-state index in [0.717, 1.165) is 6.42 Å². The van der Waals surface area contributed by atoms with Crippen molar-refractivity contribution in [2.24, 2.45) is 0 Å². The first-order valence-corrected chi connectivity index (χ1v) is 9.79. The Morgan fingerprint density at radius 1 is 0.958 bits per heavy atom. The van der Waals surface area contributed by atoms with Crippen molar-refractivity contribution in [3.8, 4) is 11.1 Å². The van der Waals surface area contributed by atoms with Crippen LogP contribution >= 0.6 is 0 Å². The average Bonchev–Trinajstić information content (AvgIpc) is 2.90. The van der Waals surface area contributed by atoms with Crippen molar-refractivity contribution < 1.29 is 55.8 Å². The molecule has 24 heavy (non-hydrogen) atoms. The summed E-state index contributed by atoms with van der Waals surface area (Å²) in [5.74, 6) is 0. The van der Waals surface area contributed by atoms with Crippen molar-refractivity contribution in [2.75, 3.05) is 0 Å². The van der Waals surface area contributed by atoms with Gasteiger partial charge in [-0.3, -0.25) is 0 Å². The van der Waals surface area contributed by atoms with Crippen LogP contribution in [0.2, 0.25) is 13.1 Å². The Morgan fingerprint density at radius 3 is 2.08 bits per heavy atom. The summed E-state index contributed by atoms with van der Waals surface area (Å²) in [6.07, 6.45) is 1.10. The molecule has 1 N–H and O–H groups in total. The Balaban J connectivity index is 0. The summed E-state index contributed by atoms with van der Waals surface area (Å²) in [7, 11) is -0.880. The van der Waals surface area contributed by atoms with Crippen LogP contribution in [0.1, 0.15) is 12.5 Å². The van der Waals surface area contributed by atoms with Gasteiger partial charge >= 0.3 is 26.2 Å². The van der Waals surface area contributed by atoms with Crippen LogP contribution in [0.25, 0.3) is 21.9 Å². The minimum atomic E-state index is -0.880. The van der Waals surface area contributed by atoms with Crippen LogP contribution in [0.4, 0.5) is 0 Å². The second-order valence-electron chi connectivity index (χ2n) is 5.34. The van der Waals surface area contributed by atoms with Crippen LogP contribution in [0.3, 0.4) is 0 Å². The minimum Gasteiger partial charge on any atom is -1.00 e. The number of benzene rings is 2. The molecule has 0 aromatic heterocycles. The van der Waals surface area contributed by atoms with Gasteiger partial charge in [0.2, 0.25) is 0 Å². The first kappa shape index (κ1) is 25.9. The Morgan fingerprint density at radius 2 is 1.54 bits per heavy atom. The summed E-state index contributed by atoms with van der Waals surface area (Å²) in [5, 5.41) is 2.72. The molecule has 0 aliphatic heterocycles. The first-order chi connectivity index (χ1) is 10.1. The molecule has 0 fully saturated rings. The summed E-state index contributed by atoms with van der Waals surface area (Å²) in [5.41, 5.74) is 4.05. The van der Waals surface area contributed by atoms with Crippen molar-refractivity contribution in [2.45, 2.75) is 26.4 Å². The van der Waals surface area contributed by atoms with Crippen molar-refractivity contribution >= 4 is 19.8 Å². The van der Waals surface area contributed by atoms with Gasteiger partial charge in [0.25, 0.3) is 0 Å². The average molecular weight is 457 g/mol. The van der Waals surface area contributed by atoms with E-state index in [9.17, 15) is 0 Å². The molecule has 0 atom stereocenters. The van der Waals surface area contributed by atoms with Gasteiger partial charge in [0, 0.05) is 0 Å². The van der Waals surface area contributed by atoms with E-state index >= 15 is 0 Å². The Labute approximate surface area is 178 Å². The minimum absolute atomic E-state index is 0. The molecule has 3 aromatic rings. The van der Waals surface area contributed by atoms with Gasteiger partial charge in [-0.25, -0.2) is 0 Å². The molecular formula is C19H22Cl2OSiZr. The van der Waals surface area contributed by atoms with Crippen molar-refractivity contribution in [3.63, 3.8) is 0 Å². The molecule has 3 aromatic carbocycles. The summed E-state index contributed by atoms with van der Waals surface area (Å²) in [6, 6.07) is 21.8. The molecule has 0 saturated carbocycles. The van der Waals surface area contributed by atoms with Crippen LogP contribution < -0.4 is 24.8 Å². The zero-order chi connectivity index (χ0) is 15.2. The van der Waals surface area contributed by atoms with Gasteiger partial charge in [0.1, 0.15) is 0 Å². The SMILES string of the molecule is CCc1cc2c(-c3ccccc3)cccc2[cH-]1.C[Si](C)O.[Cl-].[Cl-].[Zr+3]. The molecule has 0 aliphatic carbocycles. The molecule has 0 heterocycles. The smallest absolute Gasteiger partial charge is 1.00 e. The van der Waals surface area contributed by atoms with E-state index < -0.39 is 9.04 Å². The third-order valence-electron chi connectivity index (χ3n) is 3.30. The third-order valence-corrected chi connectivity index (χ3v) is 3.30. The normalized spacial score (nSPS) is 9.21. The summed E-state index contributed by atoms with van der Waals surface area (Å²) in [4.78, 5) is 8.16. The van der Waals surface area contributed by atoms with Crippen LogP contribution in [0, 0.1) is 0 Å². The Kier molecular flexibility index (Phi) is 14.0. The van der Waals surface area contributed by atoms with Crippen LogP contribution in [-0.2, 0) is 32.6 Å². The number of rotatable bonds is 2. The fourth-order valence-corrected chi connectivity index (χ4v) is 2.37. The van der Waals surface area contributed by atoms with Crippen LogP contribution in [-0.4, -0.2) is 13.8 Å². The maximum Gasteiger partial charge on any atom is 3.00 e. The van der Waals surface area contributed by atoms with Crippen molar-refractivity contribution in [1.82, 2.24) is 0 Å². The number of hydrogen-bond acceptors (Lipinski definition) is 1. The van der Waals surface area contributed by atoms with Crippen LogP contribution in [0.5, 0.6) is 0 Å². The van der Waals surface area contributed by atoms with Gasteiger partial charge in [0.15, 0.2) is 9.04 Å². The molecule has 5 heteroatoms.